The van der Waals surface area contributed by atoms with Gasteiger partial charge in [0.15, 0.2) is 0 Å². The van der Waals surface area contributed by atoms with Gasteiger partial charge in [0.05, 0.1) is 6.04 Å². The topological polar surface area (TPSA) is 26.0 Å². The minimum atomic E-state index is -0.516. The molecule has 2 N–H and O–H groups in total. The molecule has 0 radical (unpaired) electrons. The molecule has 0 saturated heterocycles. The van der Waals surface area contributed by atoms with Crippen LogP contribution in [0.1, 0.15) is 17.2 Å². The fraction of sp³-hybridized carbons (Fsp3) is 0.0769. The van der Waals surface area contributed by atoms with E-state index in [9.17, 15) is 0 Å². The van der Waals surface area contributed by atoms with Crippen LogP contribution < -0.4 is 5.73 Å². The van der Waals surface area contributed by atoms with Crippen LogP contribution in [0.25, 0.3) is 0 Å². The molecule has 1 nitrogen and oxygen atoms in total. The van der Waals surface area contributed by atoms with Gasteiger partial charge in [0.1, 0.15) is 0 Å². The van der Waals surface area contributed by atoms with Crippen LogP contribution in [0.2, 0.25) is 20.1 Å². The predicted molar refractivity (Wildman–Crippen MR) is 79.0 cm³/mol. The fourth-order valence-corrected chi connectivity index (χ4v) is 2.76. The lowest BCUT2D eigenvalue weighted by Gasteiger charge is -2.17. The smallest absolute Gasteiger partial charge is 0.0596 e. The lowest BCUT2D eigenvalue weighted by molar-refractivity contribution is 0.872. The number of nitrogens with two attached hydrogens (primary N) is 1. The summed E-state index contributed by atoms with van der Waals surface area (Å²) in [6.07, 6.45) is 0. The Kier molecular flexibility index (Phi) is 4.41. The van der Waals surface area contributed by atoms with Crippen molar-refractivity contribution in [2.75, 3.05) is 0 Å². The molecule has 1 unspecified atom stereocenters. The molecule has 1 atom stereocenters. The van der Waals surface area contributed by atoms with Gasteiger partial charge in [-0.05, 0) is 35.9 Å². The molecule has 0 amide bonds. The Balaban J connectivity index is 2.54. The highest BCUT2D eigenvalue weighted by Crippen LogP contribution is 2.36. The standard InChI is InChI=1S/C13H9Cl4N/c14-7-4-5-9(15)8(6-7)13(18)12-10(16)2-1-3-11(12)17/h1-6,13H,18H2. The van der Waals surface area contributed by atoms with Crippen molar-refractivity contribution in [1.82, 2.24) is 0 Å². The van der Waals surface area contributed by atoms with Gasteiger partial charge < -0.3 is 5.73 Å². The summed E-state index contributed by atoms with van der Waals surface area (Å²) in [4.78, 5) is 0. The Bertz CT molecular complexity index is 563. The summed E-state index contributed by atoms with van der Waals surface area (Å²) < 4.78 is 0. The summed E-state index contributed by atoms with van der Waals surface area (Å²) in [5.74, 6) is 0. The van der Waals surface area contributed by atoms with Crippen LogP contribution in [0.5, 0.6) is 0 Å². The van der Waals surface area contributed by atoms with Crippen LogP contribution in [-0.4, -0.2) is 0 Å². The minimum absolute atomic E-state index is 0.506. The van der Waals surface area contributed by atoms with Gasteiger partial charge in [-0.3, -0.25) is 0 Å². The first-order valence-corrected chi connectivity index (χ1v) is 6.66. The molecule has 94 valence electrons. The molecule has 5 heteroatoms. The third-order valence-electron chi connectivity index (χ3n) is 2.60. The number of rotatable bonds is 2. The molecule has 2 aromatic carbocycles. The average Bonchev–Trinajstić information content (AvgIpc) is 2.32. The van der Waals surface area contributed by atoms with Crippen LogP contribution in [0.3, 0.4) is 0 Å². The maximum Gasteiger partial charge on any atom is 0.0596 e. The van der Waals surface area contributed by atoms with E-state index in [1.807, 2.05) is 0 Å². The SMILES string of the molecule is NC(c1cc(Cl)ccc1Cl)c1c(Cl)cccc1Cl. The van der Waals surface area contributed by atoms with Crippen LogP contribution in [-0.2, 0) is 0 Å². The highest BCUT2D eigenvalue weighted by molar-refractivity contribution is 6.36. The zero-order valence-electron chi connectivity index (χ0n) is 9.13. The van der Waals surface area contributed by atoms with Crippen molar-refractivity contribution in [3.05, 3.63) is 67.6 Å². The Morgan fingerprint density at radius 2 is 1.44 bits per heavy atom. The molecule has 0 saturated carbocycles. The molecule has 0 aliphatic carbocycles. The summed E-state index contributed by atoms with van der Waals surface area (Å²) >= 11 is 24.3. The van der Waals surface area contributed by atoms with Crippen molar-refractivity contribution in [1.29, 1.82) is 0 Å². The van der Waals surface area contributed by atoms with E-state index in [1.54, 1.807) is 36.4 Å². The van der Waals surface area contributed by atoms with Gasteiger partial charge in [0, 0.05) is 25.7 Å². The number of benzene rings is 2. The second-order valence-corrected chi connectivity index (χ2v) is 5.44. The van der Waals surface area contributed by atoms with Gasteiger partial charge in [-0.2, -0.15) is 0 Å². The quantitative estimate of drug-likeness (QED) is 0.793. The zero-order valence-corrected chi connectivity index (χ0v) is 12.2. The molecule has 2 aromatic rings. The Morgan fingerprint density at radius 1 is 0.833 bits per heavy atom. The van der Waals surface area contributed by atoms with E-state index in [-0.39, 0.29) is 0 Å². The predicted octanol–water partition coefficient (Wildman–Crippen LogP) is 5.35. The molecule has 2 rings (SSSR count). The lowest BCUT2D eigenvalue weighted by Crippen LogP contribution is -2.13. The third-order valence-corrected chi connectivity index (χ3v) is 3.84. The van der Waals surface area contributed by atoms with Gasteiger partial charge in [-0.25, -0.2) is 0 Å². The van der Waals surface area contributed by atoms with E-state index in [0.29, 0.717) is 31.2 Å². The summed E-state index contributed by atoms with van der Waals surface area (Å²) in [5, 5.41) is 2.10. The molecule has 0 spiro atoms. The van der Waals surface area contributed by atoms with Crippen molar-refractivity contribution < 1.29 is 0 Å². The maximum absolute atomic E-state index is 6.18. The van der Waals surface area contributed by atoms with Gasteiger partial charge in [-0.15, -0.1) is 0 Å². The summed E-state index contributed by atoms with van der Waals surface area (Å²) in [6, 6.07) is 9.84. The van der Waals surface area contributed by atoms with Gasteiger partial charge in [-0.1, -0.05) is 52.5 Å². The molecule has 0 fully saturated rings. The van der Waals surface area contributed by atoms with Gasteiger partial charge in [0.25, 0.3) is 0 Å². The molecule has 0 aliphatic rings. The third kappa shape index (κ3) is 2.76. The highest BCUT2D eigenvalue weighted by atomic mass is 35.5. The van der Waals surface area contributed by atoms with Crippen molar-refractivity contribution in [3.8, 4) is 0 Å². The summed E-state index contributed by atoms with van der Waals surface area (Å²) in [5.41, 5.74) is 7.51. The van der Waals surface area contributed by atoms with E-state index < -0.39 is 6.04 Å². The molecule has 0 heterocycles. The summed E-state index contributed by atoms with van der Waals surface area (Å²) in [7, 11) is 0. The molecule has 0 bridgehead atoms. The monoisotopic (exact) mass is 319 g/mol. The summed E-state index contributed by atoms with van der Waals surface area (Å²) in [6.45, 7) is 0. The van der Waals surface area contributed by atoms with Crippen LogP contribution in [0, 0.1) is 0 Å². The van der Waals surface area contributed by atoms with Crippen LogP contribution >= 0.6 is 46.4 Å². The number of hydrogen-bond donors (Lipinski definition) is 1. The maximum atomic E-state index is 6.18. The average molecular weight is 321 g/mol. The second-order valence-electron chi connectivity index (χ2n) is 3.78. The zero-order chi connectivity index (χ0) is 13.3. The van der Waals surface area contributed by atoms with Crippen LogP contribution in [0.15, 0.2) is 36.4 Å². The minimum Gasteiger partial charge on any atom is -0.320 e. The Hall–Kier alpha value is -0.440. The molecular formula is C13H9Cl4N. The van der Waals surface area contributed by atoms with E-state index >= 15 is 0 Å². The molecule has 0 aromatic heterocycles. The van der Waals surface area contributed by atoms with Crippen molar-refractivity contribution in [2.24, 2.45) is 5.73 Å². The van der Waals surface area contributed by atoms with Crippen molar-refractivity contribution in [3.63, 3.8) is 0 Å². The van der Waals surface area contributed by atoms with Crippen LogP contribution in [0.4, 0.5) is 0 Å². The van der Waals surface area contributed by atoms with Crippen molar-refractivity contribution in [2.45, 2.75) is 6.04 Å². The van der Waals surface area contributed by atoms with E-state index in [1.165, 1.54) is 0 Å². The van der Waals surface area contributed by atoms with Crippen molar-refractivity contribution >= 4 is 46.4 Å². The Morgan fingerprint density at radius 3 is 2.06 bits per heavy atom. The highest BCUT2D eigenvalue weighted by Gasteiger charge is 2.18. The first kappa shape index (κ1) is 14.0. The first-order chi connectivity index (χ1) is 8.50. The van der Waals surface area contributed by atoms with E-state index in [4.69, 9.17) is 52.1 Å². The fourth-order valence-electron chi connectivity index (χ4n) is 1.72. The van der Waals surface area contributed by atoms with Gasteiger partial charge in [0.2, 0.25) is 0 Å². The molecule has 0 aliphatic heterocycles. The Labute approximate surface area is 125 Å². The first-order valence-electron chi connectivity index (χ1n) is 5.15. The lowest BCUT2D eigenvalue weighted by atomic mass is 9.99. The normalized spacial score (nSPS) is 12.5. The van der Waals surface area contributed by atoms with E-state index in [2.05, 4.69) is 0 Å². The number of hydrogen-bond acceptors (Lipinski definition) is 1. The van der Waals surface area contributed by atoms with E-state index in [0.717, 1.165) is 0 Å². The van der Waals surface area contributed by atoms with Gasteiger partial charge >= 0.3 is 0 Å². The largest absolute Gasteiger partial charge is 0.320 e. The second kappa shape index (κ2) is 5.68. The molecular weight excluding hydrogens is 312 g/mol. The molecule has 18 heavy (non-hydrogen) atoms. The number of halogens is 4.